The van der Waals surface area contributed by atoms with E-state index in [9.17, 15) is 25.0 Å². The number of hydrogen-bond donors (Lipinski definition) is 0. The highest BCUT2D eigenvalue weighted by molar-refractivity contribution is 5.93. The highest BCUT2D eigenvalue weighted by atomic mass is 16.6. The van der Waals surface area contributed by atoms with E-state index in [2.05, 4.69) is 4.74 Å². The second-order valence-electron chi connectivity index (χ2n) is 4.26. The molecule has 0 heterocycles. The maximum Gasteiger partial charge on any atom is 0.341 e. The first-order chi connectivity index (χ1) is 10.9. The van der Waals surface area contributed by atoms with Gasteiger partial charge in [-0.2, -0.15) is 0 Å². The molecule has 0 spiro atoms. The molecule has 0 N–H and O–H groups in total. The molecular weight excluding hydrogens is 308 g/mol. The minimum absolute atomic E-state index is 0.0863. The third-order valence-electron chi connectivity index (χ3n) is 2.86. The lowest BCUT2D eigenvalue weighted by atomic mass is 10.1. The largest absolute Gasteiger partial charge is 0.465 e. The summed E-state index contributed by atoms with van der Waals surface area (Å²) < 4.78 is 9.95. The second kappa shape index (κ2) is 6.52. The van der Waals surface area contributed by atoms with Crippen LogP contribution in [0.25, 0.3) is 0 Å². The summed E-state index contributed by atoms with van der Waals surface area (Å²) in [6.45, 7) is 0. The highest BCUT2D eigenvalue weighted by Gasteiger charge is 2.21. The van der Waals surface area contributed by atoms with Crippen LogP contribution in [-0.4, -0.2) is 22.9 Å². The maximum absolute atomic E-state index is 11.8. The predicted molar refractivity (Wildman–Crippen MR) is 77.6 cm³/mol. The Labute approximate surface area is 129 Å². The smallest absolute Gasteiger partial charge is 0.341 e. The number of benzene rings is 2. The quantitative estimate of drug-likeness (QED) is 0.471. The van der Waals surface area contributed by atoms with Crippen LogP contribution in [0.2, 0.25) is 0 Å². The van der Waals surface area contributed by atoms with Gasteiger partial charge in [0.25, 0.3) is 5.69 Å². The van der Waals surface area contributed by atoms with E-state index in [-0.39, 0.29) is 28.4 Å². The number of rotatable bonds is 5. The van der Waals surface area contributed by atoms with Crippen molar-refractivity contribution in [1.29, 1.82) is 0 Å². The third-order valence-corrected chi connectivity index (χ3v) is 2.86. The molecule has 0 aliphatic rings. The van der Waals surface area contributed by atoms with Gasteiger partial charge < -0.3 is 9.47 Å². The summed E-state index contributed by atoms with van der Waals surface area (Å²) in [6, 6.07) is 8.85. The number of hydrogen-bond acceptors (Lipinski definition) is 7. The lowest BCUT2D eigenvalue weighted by Gasteiger charge is -2.10. The zero-order valence-corrected chi connectivity index (χ0v) is 11.8. The molecule has 9 nitrogen and oxygen atoms in total. The number of esters is 1. The van der Waals surface area contributed by atoms with Gasteiger partial charge in [0.1, 0.15) is 11.3 Å². The third kappa shape index (κ3) is 3.40. The van der Waals surface area contributed by atoms with E-state index < -0.39 is 15.8 Å². The van der Waals surface area contributed by atoms with Crippen molar-refractivity contribution in [1.82, 2.24) is 0 Å². The number of nitrogens with zero attached hydrogens (tertiary/aromatic N) is 2. The molecule has 2 aromatic rings. The SMILES string of the molecule is COC(=O)c1cc([N+](=O)[O-])ccc1Oc1ccccc1[N+](=O)[O-]. The van der Waals surface area contributed by atoms with Crippen LogP contribution in [0.4, 0.5) is 11.4 Å². The van der Waals surface area contributed by atoms with Crippen LogP contribution in [0.1, 0.15) is 10.4 Å². The van der Waals surface area contributed by atoms with Gasteiger partial charge >= 0.3 is 11.7 Å². The van der Waals surface area contributed by atoms with Crippen LogP contribution >= 0.6 is 0 Å². The number of para-hydroxylation sites is 2. The molecular formula is C14H10N2O7. The molecule has 0 unspecified atom stereocenters. The van der Waals surface area contributed by atoms with Crippen molar-refractivity contribution in [3.63, 3.8) is 0 Å². The first-order valence-electron chi connectivity index (χ1n) is 6.22. The van der Waals surface area contributed by atoms with Gasteiger partial charge in [-0.3, -0.25) is 20.2 Å². The molecule has 0 fully saturated rings. The van der Waals surface area contributed by atoms with E-state index in [0.29, 0.717) is 0 Å². The van der Waals surface area contributed by atoms with Crippen LogP contribution in [0.5, 0.6) is 11.5 Å². The Morgan fingerprint density at radius 2 is 1.70 bits per heavy atom. The van der Waals surface area contributed by atoms with Crippen LogP contribution in [-0.2, 0) is 4.74 Å². The Morgan fingerprint density at radius 3 is 2.30 bits per heavy atom. The number of carbonyl (C=O) groups is 1. The van der Waals surface area contributed by atoms with Gasteiger partial charge in [0.15, 0.2) is 0 Å². The van der Waals surface area contributed by atoms with E-state index in [0.717, 1.165) is 19.2 Å². The van der Waals surface area contributed by atoms with Gasteiger partial charge in [-0.15, -0.1) is 0 Å². The number of methoxy groups -OCH3 is 1. The highest BCUT2D eigenvalue weighted by Crippen LogP contribution is 2.34. The van der Waals surface area contributed by atoms with Crippen molar-refractivity contribution in [2.45, 2.75) is 0 Å². The van der Waals surface area contributed by atoms with Gasteiger partial charge in [-0.1, -0.05) is 12.1 Å². The standard InChI is InChI=1S/C14H10N2O7/c1-22-14(17)10-8-9(15(18)19)6-7-12(10)23-13-5-3-2-4-11(13)16(20)21/h2-8H,1H3. The number of non-ortho nitro benzene ring substituents is 1. The summed E-state index contributed by atoms with van der Waals surface area (Å²) in [5.74, 6) is -1.05. The summed E-state index contributed by atoms with van der Waals surface area (Å²) in [6.07, 6.45) is 0. The molecule has 0 saturated carbocycles. The van der Waals surface area contributed by atoms with Crippen molar-refractivity contribution in [2.24, 2.45) is 0 Å². The molecule has 9 heteroatoms. The van der Waals surface area contributed by atoms with Gasteiger partial charge in [-0.25, -0.2) is 4.79 Å². The van der Waals surface area contributed by atoms with E-state index in [1.54, 1.807) is 0 Å². The minimum Gasteiger partial charge on any atom is -0.465 e. The normalized spacial score (nSPS) is 9.96. The first-order valence-corrected chi connectivity index (χ1v) is 6.22. The zero-order valence-electron chi connectivity index (χ0n) is 11.8. The number of nitro benzene ring substituents is 2. The Balaban J connectivity index is 2.50. The average molecular weight is 318 g/mol. The van der Waals surface area contributed by atoms with Crippen LogP contribution in [0.15, 0.2) is 42.5 Å². The average Bonchev–Trinajstić information content (AvgIpc) is 2.54. The van der Waals surface area contributed by atoms with E-state index >= 15 is 0 Å². The second-order valence-corrected chi connectivity index (χ2v) is 4.26. The van der Waals surface area contributed by atoms with Gasteiger partial charge in [0.05, 0.1) is 17.0 Å². The fourth-order valence-electron chi connectivity index (χ4n) is 1.80. The summed E-state index contributed by atoms with van der Waals surface area (Å²) in [7, 11) is 1.11. The van der Waals surface area contributed by atoms with Crippen molar-refractivity contribution in [3.05, 3.63) is 68.3 Å². The Morgan fingerprint density at radius 1 is 1.00 bits per heavy atom. The van der Waals surface area contributed by atoms with E-state index in [1.165, 1.54) is 30.3 Å². The molecule has 0 radical (unpaired) electrons. The molecule has 0 bridgehead atoms. The maximum atomic E-state index is 11.8. The Kier molecular flexibility index (Phi) is 4.50. The summed E-state index contributed by atoms with van der Waals surface area (Å²) in [4.78, 5) is 32.2. The minimum atomic E-state index is -0.859. The fraction of sp³-hybridized carbons (Fsp3) is 0.0714. The molecule has 0 aliphatic heterocycles. The lowest BCUT2D eigenvalue weighted by molar-refractivity contribution is -0.385. The van der Waals surface area contributed by atoms with Crippen molar-refractivity contribution in [3.8, 4) is 11.5 Å². The summed E-state index contributed by atoms with van der Waals surface area (Å²) in [5, 5.41) is 21.8. The number of nitro groups is 2. The van der Waals surface area contributed by atoms with E-state index in [4.69, 9.17) is 4.74 Å². The van der Waals surface area contributed by atoms with Crippen molar-refractivity contribution < 1.29 is 24.1 Å². The molecule has 0 aliphatic carbocycles. The molecule has 0 amide bonds. The van der Waals surface area contributed by atoms with Gasteiger partial charge in [0, 0.05) is 18.2 Å². The van der Waals surface area contributed by atoms with Crippen LogP contribution < -0.4 is 4.74 Å². The molecule has 0 aromatic heterocycles. The van der Waals surface area contributed by atoms with Crippen molar-refractivity contribution >= 4 is 17.3 Å². The zero-order chi connectivity index (χ0) is 17.0. The molecule has 2 rings (SSSR count). The summed E-state index contributed by atoms with van der Waals surface area (Å²) in [5.41, 5.74) is -0.846. The molecule has 0 saturated heterocycles. The topological polar surface area (TPSA) is 122 Å². The fourth-order valence-corrected chi connectivity index (χ4v) is 1.80. The number of carbonyl (C=O) groups excluding carboxylic acids is 1. The molecule has 118 valence electrons. The number of ether oxygens (including phenoxy) is 2. The summed E-state index contributed by atoms with van der Waals surface area (Å²) >= 11 is 0. The van der Waals surface area contributed by atoms with Gasteiger partial charge in [0.2, 0.25) is 5.75 Å². The molecule has 2 aromatic carbocycles. The van der Waals surface area contributed by atoms with Crippen LogP contribution in [0.3, 0.4) is 0 Å². The van der Waals surface area contributed by atoms with Crippen molar-refractivity contribution in [2.75, 3.05) is 7.11 Å². The Hall–Kier alpha value is -3.49. The monoisotopic (exact) mass is 318 g/mol. The van der Waals surface area contributed by atoms with Gasteiger partial charge in [-0.05, 0) is 12.1 Å². The van der Waals surface area contributed by atoms with Crippen LogP contribution in [0, 0.1) is 20.2 Å². The lowest BCUT2D eigenvalue weighted by Crippen LogP contribution is -2.05. The molecule has 0 atom stereocenters. The molecule has 23 heavy (non-hydrogen) atoms. The first kappa shape index (κ1) is 15.9. The predicted octanol–water partition coefficient (Wildman–Crippen LogP) is 3.08. The Bertz CT molecular complexity index is 788. The van der Waals surface area contributed by atoms with E-state index in [1.807, 2.05) is 0 Å².